The van der Waals surface area contributed by atoms with Crippen molar-refractivity contribution in [1.29, 1.82) is 0 Å². The van der Waals surface area contributed by atoms with E-state index in [4.69, 9.17) is 9.26 Å². The van der Waals surface area contributed by atoms with Crippen molar-refractivity contribution in [2.24, 2.45) is 0 Å². The van der Waals surface area contributed by atoms with Crippen LogP contribution >= 0.6 is 0 Å². The second-order valence-corrected chi connectivity index (χ2v) is 6.76. The van der Waals surface area contributed by atoms with Crippen molar-refractivity contribution in [2.45, 2.75) is 33.1 Å². The summed E-state index contributed by atoms with van der Waals surface area (Å²) >= 11 is 0. The van der Waals surface area contributed by atoms with Crippen LogP contribution in [0, 0.1) is 12.3 Å². The SMILES string of the molecule is CC(=O)Oc1cccnc1C(=O)Nc1cc[c-]cc1.CC(C)(C)c1c[c-]no1.[K+]. The third-order valence-corrected chi connectivity index (χ3v) is 3.35. The Labute approximate surface area is 212 Å². The maximum absolute atomic E-state index is 12.0. The van der Waals surface area contributed by atoms with E-state index in [2.05, 4.69) is 48.5 Å². The van der Waals surface area contributed by atoms with Gasteiger partial charge in [-0.3, -0.25) is 9.59 Å². The van der Waals surface area contributed by atoms with E-state index in [0.29, 0.717) is 5.69 Å². The molecule has 7 nitrogen and oxygen atoms in total. The molecule has 1 N–H and O–H groups in total. The number of aromatic nitrogens is 2. The first kappa shape index (κ1) is 25.2. The van der Waals surface area contributed by atoms with Crippen LogP contribution in [0.3, 0.4) is 0 Å². The largest absolute Gasteiger partial charge is 1.00 e. The third-order valence-electron chi connectivity index (χ3n) is 3.35. The summed E-state index contributed by atoms with van der Waals surface area (Å²) in [4.78, 5) is 26.9. The predicted octanol–water partition coefficient (Wildman–Crippen LogP) is 0.836. The molecule has 0 bridgehead atoms. The van der Waals surface area contributed by atoms with Crippen LogP contribution in [0.5, 0.6) is 5.75 Å². The second kappa shape index (κ2) is 12.0. The van der Waals surface area contributed by atoms with Gasteiger partial charge >= 0.3 is 57.4 Å². The topological polar surface area (TPSA) is 94.3 Å². The van der Waals surface area contributed by atoms with E-state index >= 15 is 0 Å². The van der Waals surface area contributed by atoms with Crippen LogP contribution in [0.25, 0.3) is 0 Å². The van der Waals surface area contributed by atoms with Gasteiger partial charge in [-0.1, -0.05) is 26.5 Å². The number of ether oxygens (including phenoxy) is 1. The fourth-order valence-corrected chi connectivity index (χ4v) is 2.00. The summed E-state index contributed by atoms with van der Waals surface area (Å²) in [6, 6.07) is 14.5. The Morgan fingerprint density at radius 2 is 1.86 bits per heavy atom. The minimum atomic E-state index is -0.503. The molecule has 1 amide bonds. The fraction of sp³-hybridized carbons (Fsp3) is 0.238. The van der Waals surface area contributed by atoms with Crippen molar-refractivity contribution < 1.29 is 70.2 Å². The third kappa shape index (κ3) is 8.59. The van der Waals surface area contributed by atoms with Crippen molar-refractivity contribution in [2.75, 3.05) is 5.32 Å². The van der Waals surface area contributed by atoms with Gasteiger partial charge < -0.3 is 14.6 Å². The number of hydrogen-bond donors (Lipinski definition) is 1. The van der Waals surface area contributed by atoms with E-state index in [1.807, 2.05) is 0 Å². The van der Waals surface area contributed by atoms with Crippen LogP contribution in [0.2, 0.25) is 0 Å². The molecular formula is C21H21KN3O4-. The summed E-state index contributed by atoms with van der Waals surface area (Å²) in [6.07, 6.45) is 4.08. The van der Waals surface area contributed by atoms with Gasteiger partial charge in [-0.05, 0) is 23.3 Å². The molecule has 2 aromatic heterocycles. The zero-order valence-corrected chi connectivity index (χ0v) is 20.3. The maximum atomic E-state index is 12.0. The van der Waals surface area contributed by atoms with Gasteiger partial charge in [0, 0.05) is 13.1 Å². The number of carbonyl (C=O) groups excluding carboxylic acids is 2. The molecule has 146 valence electrons. The Kier molecular flexibility index (Phi) is 10.4. The van der Waals surface area contributed by atoms with Crippen molar-refractivity contribution in [3.05, 3.63) is 72.4 Å². The predicted molar refractivity (Wildman–Crippen MR) is 103 cm³/mol. The average Bonchev–Trinajstić information content (AvgIpc) is 3.18. The number of amides is 1. The molecule has 0 aliphatic rings. The second-order valence-electron chi connectivity index (χ2n) is 6.76. The molecule has 8 heteroatoms. The molecule has 0 saturated carbocycles. The summed E-state index contributed by atoms with van der Waals surface area (Å²) in [7, 11) is 0. The molecule has 0 radical (unpaired) electrons. The molecule has 29 heavy (non-hydrogen) atoms. The van der Waals surface area contributed by atoms with Crippen molar-refractivity contribution >= 4 is 17.6 Å². The first-order valence-electron chi connectivity index (χ1n) is 8.51. The minimum absolute atomic E-state index is 0. The van der Waals surface area contributed by atoms with Crippen LogP contribution < -0.4 is 61.4 Å². The molecule has 0 saturated heterocycles. The van der Waals surface area contributed by atoms with Crippen molar-refractivity contribution in [1.82, 2.24) is 10.1 Å². The van der Waals surface area contributed by atoms with Crippen LogP contribution in [-0.4, -0.2) is 22.0 Å². The fourth-order valence-electron chi connectivity index (χ4n) is 2.00. The Bertz CT molecular complexity index is 907. The molecule has 3 rings (SSSR count). The molecule has 0 fully saturated rings. The Hall–Kier alpha value is -1.84. The number of pyridine rings is 1. The molecule has 2 heterocycles. The molecule has 0 spiro atoms. The van der Waals surface area contributed by atoms with E-state index in [1.165, 1.54) is 19.2 Å². The number of nitrogens with zero attached hydrogens (tertiary/aromatic N) is 2. The molecule has 0 aliphatic heterocycles. The summed E-state index contributed by atoms with van der Waals surface area (Å²) in [5.41, 5.74) is 0.737. The van der Waals surface area contributed by atoms with Gasteiger partial charge in [0.25, 0.3) is 5.91 Å². The number of hydrogen-bond acceptors (Lipinski definition) is 6. The van der Waals surface area contributed by atoms with E-state index in [-0.39, 0.29) is 68.2 Å². The summed E-state index contributed by atoms with van der Waals surface area (Å²) in [5, 5.41) is 6.15. The summed E-state index contributed by atoms with van der Waals surface area (Å²) in [5.74, 6) is 0.0666. The molecule has 1 aromatic carbocycles. The first-order valence-corrected chi connectivity index (χ1v) is 8.51. The monoisotopic (exact) mass is 418 g/mol. The first-order chi connectivity index (χ1) is 13.3. The summed E-state index contributed by atoms with van der Waals surface area (Å²) < 4.78 is 9.83. The van der Waals surface area contributed by atoms with Gasteiger partial charge in [-0.25, -0.2) is 10.1 Å². The number of esters is 1. The van der Waals surface area contributed by atoms with Gasteiger partial charge in [-0.2, -0.15) is 24.3 Å². The number of benzene rings is 1. The quantitative estimate of drug-likeness (QED) is 0.385. The summed E-state index contributed by atoms with van der Waals surface area (Å²) in [6.45, 7) is 7.48. The van der Waals surface area contributed by atoms with Crippen LogP contribution in [0.1, 0.15) is 43.9 Å². The number of nitrogens with one attached hydrogen (secondary N) is 1. The van der Waals surface area contributed by atoms with Gasteiger partial charge in [-0.15, -0.1) is 18.3 Å². The van der Waals surface area contributed by atoms with Crippen molar-refractivity contribution in [3.8, 4) is 5.75 Å². The van der Waals surface area contributed by atoms with Gasteiger partial charge in [0.1, 0.15) is 0 Å². The van der Waals surface area contributed by atoms with E-state index in [9.17, 15) is 9.59 Å². The standard InChI is InChI=1S/C14H11N2O3.C7H10NO.K/c1-10(17)19-12-8-5-9-15-13(12)14(18)16-11-6-3-2-4-7-11;1-7(2,3)6-4-5-8-9-6;/h3-9H,1H3,(H,16,18);4H,1-3H3;/q2*-1;+1. The van der Waals surface area contributed by atoms with Crippen molar-refractivity contribution in [3.63, 3.8) is 0 Å². The Morgan fingerprint density at radius 3 is 2.38 bits per heavy atom. The Balaban J connectivity index is 0.000000355. The van der Waals surface area contributed by atoms with Gasteiger partial charge in [0.15, 0.2) is 11.4 Å². The van der Waals surface area contributed by atoms with E-state index in [1.54, 1.807) is 36.4 Å². The number of carbonyl (C=O) groups is 2. The zero-order valence-electron chi connectivity index (χ0n) is 17.1. The van der Waals surface area contributed by atoms with Crippen LogP contribution in [0.4, 0.5) is 5.69 Å². The maximum Gasteiger partial charge on any atom is 1.00 e. The van der Waals surface area contributed by atoms with Crippen LogP contribution in [0.15, 0.2) is 53.2 Å². The molecule has 0 unspecified atom stereocenters. The van der Waals surface area contributed by atoms with Gasteiger partial charge in [0.2, 0.25) is 0 Å². The normalized spacial score (nSPS) is 10.1. The average molecular weight is 419 g/mol. The smallest absolute Gasteiger partial charge is 0.470 e. The van der Waals surface area contributed by atoms with Crippen LogP contribution in [-0.2, 0) is 10.2 Å². The molecule has 3 aromatic rings. The van der Waals surface area contributed by atoms with E-state index in [0.717, 1.165) is 5.76 Å². The van der Waals surface area contributed by atoms with E-state index < -0.39 is 11.9 Å². The number of anilines is 1. The minimum Gasteiger partial charge on any atom is -0.470 e. The number of rotatable bonds is 3. The zero-order chi connectivity index (χ0) is 20.6. The Morgan fingerprint density at radius 1 is 1.17 bits per heavy atom. The molecule has 0 atom stereocenters. The molecular weight excluding hydrogens is 397 g/mol. The molecule has 0 aliphatic carbocycles. The van der Waals surface area contributed by atoms with Gasteiger partial charge in [0.05, 0.1) is 0 Å².